The van der Waals surface area contributed by atoms with Gasteiger partial charge in [0, 0.05) is 19.0 Å². The Morgan fingerprint density at radius 3 is 2.28 bits per heavy atom. The number of benzene rings is 2. The van der Waals surface area contributed by atoms with E-state index >= 15 is 0 Å². The summed E-state index contributed by atoms with van der Waals surface area (Å²) in [6.07, 6.45) is 0.576. The van der Waals surface area contributed by atoms with Gasteiger partial charge >= 0.3 is 0 Å². The number of rotatable bonds is 6. The van der Waals surface area contributed by atoms with Crippen molar-refractivity contribution in [3.05, 3.63) is 70.8 Å². The zero-order valence-electron chi connectivity index (χ0n) is 14.3. The van der Waals surface area contributed by atoms with Crippen molar-refractivity contribution < 1.29 is 13.6 Å². The number of nitrogens with zero attached hydrogens (tertiary/aromatic N) is 2. The average molecular weight is 342 g/mol. The zero-order valence-corrected chi connectivity index (χ0v) is 14.3. The van der Waals surface area contributed by atoms with Crippen LogP contribution in [0.3, 0.4) is 0 Å². The number of aryl methyl sites for hydroxylation is 1. The molecule has 0 heterocycles. The number of carbonyl (C=O) groups is 1. The second-order valence-corrected chi connectivity index (χ2v) is 6.17. The van der Waals surface area contributed by atoms with Crippen LogP contribution in [0, 0.1) is 23.0 Å². The van der Waals surface area contributed by atoms with Crippen LogP contribution >= 0.6 is 0 Å². The smallest absolute Gasteiger partial charge is 0.223 e. The molecule has 0 unspecified atom stereocenters. The number of hydrogen-bond donors (Lipinski definition) is 0. The molecule has 2 rings (SSSR count). The molecule has 25 heavy (non-hydrogen) atoms. The Bertz CT molecular complexity index is 779. The molecule has 0 atom stereocenters. The minimum atomic E-state index is -0.900. The molecule has 2 aromatic rings. The fourth-order valence-corrected chi connectivity index (χ4v) is 2.53. The third-order valence-electron chi connectivity index (χ3n) is 3.99. The van der Waals surface area contributed by atoms with E-state index in [1.165, 1.54) is 6.07 Å². The Labute approximate surface area is 146 Å². The molecule has 0 aliphatic rings. The lowest BCUT2D eigenvalue weighted by atomic mass is 10.1. The van der Waals surface area contributed by atoms with Gasteiger partial charge in [-0.05, 0) is 55.7 Å². The highest BCUT2D eigenvalue weighted by atomic mass is 19.2. The van der Waals surface area contributed by atoms with Crippen LogP contribution in [0.1, 0.15) is 37.0 Å². The van der Waals surface area contributed by atoms with E-state index in [0.29, 0.717) is 24.1 Å². The number of hydrogen-bond acceptors (Lipinski definition) is 2. The minimum Gasteiger partial charge on any atom is -0.336 e. The van der Waals surface area contributed by atoms with E-state index in [-0.39, 0.29) is 18.4 Å². The topological polar surface area (TPSA) is 44.1 Å². The van der Waals surface area contributed by atoms with Crippen LogP contribution in [-0.2, 0) is 17.8 Å². The number of nitriles is 1. The minimum absolute atomic E-state index is 0.00750. The van der Waals surface area contributed by atoms with Gasteiger partial charge in [0.2, 0.25) is 5.91 Å². The number of amides is 1. The summed E-state index contributed by atoms with van der Waals surface area (Å²) < 4.78 is 26.2. The van der Waals surface area contributed by atoms with E-state index in [1.54, 1.807) is 17.0 Å². The highest BCUT2D eigenvalue weighted by Gasteiger charge is 2.17. The maximum Gasteiger partial charge on any atom is 0.223 e. The van der Waals surface area contributed by atoms with Crippen molar-refractivity contribution in [2.24, 2.45) is 0 Å². The molecule has 0 aromatic heterocycles. The monoisotopic (exact) mass is 342 g/mol. The molecule has 0 radical (unpaired) electrons. The van der Waals surface area contributed by atoms with Gasteiger partial charge in [-0.3, -0.25) is 4.79 Å². The molecular weight excluding hydrogens is 322 g/mol. The van der Waals surface area contributed by atoms with Crippen LogP contribution in [0.4, 0.5) is 8.78 Å². The first-order valence-corrected chi connectivity index (χ1v) is 8.13. The van der Waals surface area contributed by atoms with Gasteiger partial charge in [-0.2, -0.15) is 5.26 Å². The summed E-state index contributed by atoms with van der Waals surface area (Å²) in [5.41, 5.74) is 2.10. The second-order valence-electron chi connectivity index (χ2n) is 6.17. The van der Waals surface area contributed by atoms with Crippen molar-refractivity contribution in [2.75, 3.05) is 0 Å². The summed E-state index contributed by atoms with van der Waals surface area (Å²) in [6, 6.07) is 12.9. The molecule has 0 aliphatic heterocycles. The molecule has 130 valence electrons. The van der Waals surface area contributed by atoms with Crippen molar-refractivity contribution >= 4 is 5.91 Å². The molecule has 0 bridgehead atoms. The summed E-state index contributed by atoms with van der Waals surface area (Å²) in [5, 5.41) is 8.84. The van der Waals surface area contributed by atoms with Gasteiger partial charge in [0.15, 0.2) is 11.6 Å². The lowest BCUT2D eigenvalue weighted by Gasteiger charge is -2.27. The fourth-order valence-electron chi connectivity index (χ4n) is 2.53. The Balaban J connectivity index is 2.01. The van der Waals surface area contributed by atoms with E-state index in [1.807, 2.05) is 26.0 Å². The van der Waals surface area contributed by atoms with Gasteiger partial charge in [0.25, 0.3) is 0 Å². The molecule has 0 aliphatic carbocycles. The molecule has 5 heteroatoms. The SMILES string of the molecule is CC(C)N(Cc1ccc(C#N)cc1)C(=O)CCc1ccc(F)c(F)c1. The average Bonchev–Trinajstić information content (AvgIpc) is 2.60. The molecule has 0 N–H and O–H groups in total. The molecule has 0 saturated heterocycles. The predicted octanol–water partition coefficient (Wildman–Crippen LogP) is 4.21. The van der Waals surface area contributed by atoms with Crippen LogP contribution in [0.5, 0.6) is 0 Å². The van der Waals surface area contributed by atoms with Crippen molar-refractivity contribution in [2.45, 2.75) is 39.3 Å². The quantitative estimate of drug-likeness (QED) is 0.789. The molecule has 1 amide bonds. The highest BCUT2D eigenvalue weighted by molar-refractivity contribution is 5.76. The molecule has 0 fully saturated rings. The van der Waals surface area contributed by atoms with Crippen molar-refractivity contribution in [3.8, 4) is 6.07 Å². The summed E-state index contributed by atoms with van der Waals surface area (Å²) in [6.45, 7) is 4.30. The maximum absolute atomic E-state index is 13.2. The molecule has 2 aromatic carbocycles. The molecular formula is C20H20F2N2O. The Morgan fingerprint density at radius 2 is 1.72 bits per heavy atom. The van der Waals surface area contributed by atoms with E-state index in [2.05, 4.69) is 6.07 Å². The lowest BCUT2D eigenvalue weighted by Crippen LogP contribution is -2.36. The highest BCUT2D eigenvalue weighted by Crippen LogP contribution is 2.14. The summed E-state index contributed by atoms with van der Waals surface area (Å²) in [5.74, 6) is -1.84. The van der Waals surface area contributed by atoms with Gasteiger partial charge < -0.3 is 4.90 Å². The normalized spacial score (nSPS) is 10.6. The first-order valence-electron chi connectivity index (χ1n) is 8.13. The van der Waals surface area contributed by atoms with E-state index < -0.39 is 11.6 Å². The second kappa shape index (κ2) is 8.39. The number of carbonyl (C=O) groups excluding carboxylic acids is 1. The molecule has 0 spiro atoms. The van der Waals surface area contributed by atoms with Crippen molar-refractivity contribution in [3.63, 3.8) is 0 Å². The maximum atomic E-state index is 13.2. The van der Waals surface area contributed by atoms with E-state index in [4.69, 9.17) is 5.26 Å². The van der Waals surface area contributed by atoms with Crippen LogP contribution in [-0.4, -0.2) is 16.8 Å². The van der Waals surface area contributed by atoms with Gasteiger partial charge in [0.05, 0.1) is 11.6 Å². The first kappa shape index (κ1) is 18.6. The summed E-state index contributed by atoms with van der Waals surface area (Å²) in [4.78, 5) is 14.3. The Kier molecular flexibility index (Phi) is 6.24. The van der Waals surface area contributed by atoms with Crippen LogP contribution in [0.15, 0.2) is 42.5 Å². The Hall–Kier alpha value is -2.74. The van der Waals surface area contributed by atoms with Crippen LogP contribution in [0.25, 0.3) is 0 Å². The first-order chi connectivity index (χ1) is 11.9. The molecule has 3 nitrogen and oxygen atoms in total. The lowest BCUT2D eigenvalue weighted by molar-refractivity contribution is -0.133. The fraction of sp³-hybridized carbons (Fsp3) is 0.300. The van der Waals surface area contributed by atoms with Crippen molar-refractivity contribution in [1.82, 2.24) is 4.90 Å². The standard InChI is InChI=1S/C20H20F2N2O/c1-14(2)24(13-17-5-3-16(12-23)4-6-17)20(25)10-8-15-7-9-18(21)19(22)11-15/h3-7,9,11,14H,8,10,13H2,1-2H3. The van der Waals surface area contributed by atoms with Crippen molar-refractivity contribution in [1.29, 1.82) is 5.26 Å². The van der Waals surface area contributed by atoms with Gasteiger partial charge in [0.1, 0.15) is 0 Å². The third kappa shape index (κ3) is 5.12. The zero-order chi connectivity index (χ0) is 18.4. The number of halogens is 2. The van der Waals surface area contributed by atoms with E-state index in [0.717, 1.165) is 17.7 Å². The summed E-state index contributed by atoms with van der Waals surface area (Å²) in [7, 11) is 0. The third-order valence-corrected chi connectivity index (χ3v) is 3.99. The van der Waals surface area contributed by atoms with Gasteiger partial charge in [-0.15, -0.1) is 0 Å². The van der Waals surface area contributed by atoms with Gasteiger partial charge in [-0.25, -0.2) is 8.78 Å². The van der Waals surface area contributed by atoms with Gasteiger partial charge in [-0.1, -0.05) is 18.2 Å². The van der Waals surface area contributed by atoms with Crippen LogP contribution in [0.2, 0.25) is 0 Å². The van der Waals surface area contributed by atoms with E-state index in [9.17, 15) is 13.6 Å². The van der Waals surface area contributed by atoms with Crippen LogP contribution < -0.4 is 0 Å². The summed E-state index contributed by atoms with van der Waals surface area (Å²) >= 11 is 0. The largest absolute Gasteiger partial charge is 0.336 e. The molecule has 0 saturated carbocycles. The predicted molar refractivity (Wildman–Crippen MR) is 91.5 cm³/mol. The Morgan fingerprint density at radius 1 is 1.08 bits per heavy atom.